The number of aryl methyl sites for hydroxylation is 2. The molecule has 0 atom stereocenters. The zero-order valence-corrected chi connectivity index (χ0v) is 10.8. The lowest BCUT2D eigenvalue weighted by atomic mass is 10.1. The molecule has 18 heavy (non-hydrogen) atoms. The highest BCUT2D eigenvalue weighted by Crippen LogP contribution is 2.17. The van der Waals surface area contributed by atoms with Crippen molar-refractivity contribution in [1.82, 2.24) is 4.98 Å². The van der Waals surface area contributed by atoms with Gasteiger partial charge in [-0.1, -0.05) is 12.1 Å². The highest BCUT2D eigenvalue weighted by molar-refractivity contribution is 5.33. The van der Waals surface area contributed by atoms with Gasteiger partial charge in [0, 0.05) is 6.54 Å². The minimum absolute atomic E-state index is 0.456. The van der Waals surface area contributed by atoms with Crippen molar-refractivity contribution in [3.63, 3.8) is 0 Å². The molecule has 0 unspecified atom stereocenters. The third-order valence-electron chi connectivity index (χ3n) is 2.66. The molecule has 0 saturated heterocycles. The van der Waals surface area contributed by atoms with E-state index < -0.39 is 0 Å². The smallest absolute Gasteiger partial charge is 0.130 e. The van der Waals surface area contributed by atoms with Crippen LogP contribution in [0.1, 0.15) is 22.5 Å². The summed E-state index contributed by atoms with van der Waals surface area (Å²) in [5, 5.41) is 0. The fourth-order valence-corrected chi connectivity index (χ4v) is 1.90. The van der Waals surface area contributed by atoms with Crippen LogP contribution in [0, 0.1) is 13.8 Å². The molecule has 1 aromatic heterocycles. The number of nitrogens with zero attached hydrogens (tertiary/aromatic N) is 1. The molecule has 0 aliphatic heterocycles. The molecule has 0 saturated carbocycles. The van der Waals surface area contributed by atoms with Crippen molar-refractivity contribution in [2.24, 2.45) is 5.73 Å². The van der Waals surface area contributed by atoms with E-state index in [1.54, 1.807) is 0 Å². The minimum atomic E-state index is 0.456. The Morgan fingerprint density at radius 2 is 1.72 bits per heavy atom. The zero-order valence-electron chi connectivity index (χ0n) is 10.8. The summed E-state index contributed by atoms with van der Waals surface area (Å²) in [5.74, 6) is 0.882. The molecular formula is C15H18N2O. The Morgan fingerprint density at radius 3 is 2.39 bits per heavy atom. The lowest BCUT2D eigenvalue weighted by molar-refractivity contribution is 0.300. The Bertz CT molecular complexity index is 518. The number of aromatic nitrogens is 1. The third kappa shape index (κ3) is 3.31. The molecule has 2 rings (SSSR count). The molecule has 0 amide bonds. The highest BCUT2D eigenvalue weighted by atomic mass is 16.5. The van der Waals surface area contributed by atoms with Crippen LogP contribution in [0.25, 0.3) is 0 Å². The number of benzene rings is 1. The van der Waals surface area contributed by atoms with Crippen molar-refractivity contribution in [1.29, 1.82) is 0 Å². The van der Waals surface area contributed by atoms with E-state index in [1.807, 2.05) is 30.3 Å². The van der Waals surface area contributed by atoms with Gasteiger partial charge in [-0.15, -0.1) is 0 Å². The highest BCUT2D eigenvalue weighted by Gasteiger charge is 2.00. The molecule has 1 aromatic carbocycles. The average molecular weight is 242 g/mol. The fourth-order valence-electron chi connectivity index (χ4n) is 1.90. The van der Waals surface area contributed by atoms with Crippen molar-refractivity contribution in [2.45, 2.75) is 27.0 Å². The first-order valence-corrected chi connectivity index (χ1v) is 6.03. The van der Waals surface area contributed by atoms with Crippen LogP contribution in [-0.4, -0.2) is 4.98 Å². The number of pyridine rings is 1. The van der Waals surface area contributed by atoms with Crippen LogP contribution in [0.15, 0.2) is 36.4 Å². The van der Waals surface area contributed by atoms with Crippen LogP contribution in [0.3, 0.4) is 0 Å². The Kier molecular flexibility index (Phi) is 3.95. The first-order valence-electron chi connectivity index (χ1n) is 6.03. The largest absolute Gasteiger partial charge is 0.487 e. The summed E-state index contributed by atoms with van der Waals surface area (Å²) in [6.07, 6.45) is 0. The van der Waals surface area contributed by atoms with E-state index >= 15 is 0 Å². The molecule has 2 N–H and O–H groups in total. The van der Waals surface area contributed by atoms with Gasteiger partial charge in [0.15, 0.2) is 0 Å². The van der Waals surface area contributed by atoms with Gasteiger partial charge in [-0.05, 0) is 49.2 Å². The van der Waals surface area contributed by atoms with E-state index in [2.05, 4.69) is 24.9 Å². The zero-order chi connectivity index (χ0) is 13.0. The number of ether oxygens (including phenoxy) is 1. The Hall–Kier alpha value is -1.87. The van der Waals surface area contributed by atoms with E-state index in [0.29, 0.717) is 13.2 Å². The molecule has 2 aromatic rings. The second-order valence-corrected chi connectivity index (χ2v) is 4.44. The first-order chi connectivity index (χ1) is 8.67. The summed E-state index contributed by atoms with van der Waals surface area (Å²) >= 11 is 0. The maximum atomic E-state index is 5.75. The Balaban J connectivity index is 2.06. The molecular weight excluding hydrogens is 224 g/mol. The van der Waals surface area contributed by atoms with Gasteiger partial charge in [0.05, 0.1) is 11.4 Å². The molecule has 0 spiro atoms. The van der Waals surface area contributed by atoms with Gasteiger partial charge in [-0.25, -0.2) is 0 Å². The van der Waals surface area contributed by atoms with E-state index in [-0.39, 0.29) is 0 Å². The molecule has 94 valence electrons. The molecule has 0 fully saturated rings. The second-order valence-electron chi connectivity index (χ2n) is 4.44. The van der Waals surface area contributed by atoms with E-state index in [1.165, 1.54) is 11.1 Å². The van der Waals surface area contributed by atoms with Crippen molar-refractivity contribution in [2.75, 3.05) is 0 Å². The lowest BCUT2D eigenvalue weighted by Gasteiger charge is -2.08. The van der Waals surface area contributed by atoms with Gasteiger partial charge in [0.25, 0.3) is 0 Å². The van der Waals surface area contributed by atoms with Crippen molar-refractivity contribution in [3.05, 3.63) is 58.9 Å². The number of nitrogens with two attached hydrogens (primary N) is 1. The number of hydrogen-bond acceptors (Lipinski definition) is 3. The topological polar surface area (TPSA) is 48.1 Å². The lowest BCUT2D eigenvalue weighted by Crippen LogP contribution is -2.04. The van der Waals surface area contributed by atoms with Crippen LogP contribution >= 0.6 is 0 Å². The maximum absolute atomic E-state index is 5.75. The van der Waals surface area contributed by atoms with Gasteiger partial charge in [0.1, 0.15) is 12.4 Å². The molecule has 0 radical (unpaired) electrons. The molecule has 1 heterocycles. The van der Waals surface area contributed by atoms with Gasteiger partial charge in [-0.3, -0.25) is 4.98 Å². The standard InChI is InChI=1S/C15H18N2O/c1-11-6-12(2)8-15(7-11)18-10-14-5-3-4-13(9-16)17-14/h3-8H,9-10,16H2,1-2H3. The minimum Gasteiger partial charge on any atom is -0.487 e. The van der Waals surface area contributed by atoms with Gasteiger partial charge in [-0.2, -0.15) is 0 Å². The SMILES string of the molecule is Cc1cc(C)cc(OCc2cccc(CN)n2)c1. The van der Waals surface area contributed by atoms with Gasteiger partial charge in [0.2, 0.25) is 0 Å². The molecule has 0 aliphatic rings. The second kappa shape index (κ2) is 5.65. The summed E-state index contributed by atoms with van der Waals surface area (Å²) < 4.78 is 5.75. The van der Waals surface area contributed by atoms with E-state index in [9.17, 15) is 0 Å². The summed E-state index contributed by atoms with van der Waals surface area (Å²) in [4.78, 5) is 4.40. The average Bonchev–Trinajstić information content (AvgIpc) is 2.35. The molecule has 3 heteroatoms. The fraction of sp³-hybridized carbons (Fsp3) is 0.267. The first kappa shape index (κ1) is 12.6. The predicted octanol–water partition coefficient (Wildman–Crippen LogP) is 2.74. The van der Waals surface area contributed by atoms with Crippen LogP contribution < -0.4 is 10.5 Å². The summed E-state index contributed by atoms with van der Waals surface area (Å²) in [6, 6.07) is 12.0. The van der Waals surface area contributed by atoms with Crippen LogP contribution in [0.4, 0.5) is 0 Å². The summed E-state index contributed by atoms with van der Waals surface area (Å²) in [7, 11) is 0. The van der Waals surface area contributed by atoms with Crippen LogP contribution in [0.2, 0.25) is 0 Å². The van der Waals surface area contributed by atoms with Crippen molar-refractivity contribution < 1.29 is 4.74 Å². The monoisotopic (exact) mass is 242 g/mol. The summed E-state index contributed by atoms with van der Waals surface area (Å²) in [5.41, 5.74) is 9.75. The normalized spacial score (nSPS) is 10.4. The van der Waals surface area contributed by atoms with Gasteiger partial charge < -0.3 is 10.5 Å². The Morgan fingerprint density at radius 1 is 1.06 bits per heavy atom. The molecule has 0 bridgehead atoms. The third-order valence-corrected chi connectivity index (χ3v) is 2.66. The van der Waals surface area contributed by atoms with Gasteiger partial charge >= 0.3 is 0 Å². The van der Waals surface area contributed by atoms with Crippen molar-refractivity contribution >= 4 is 0 Å². The van der Waals surface area contributed by atoms with Crippen LogP contribution in [0.5, 0.6) is 5.75 Å². The Labute approximate surface area is 108 Å². The van der Waals surface area contributed by atoms with Crippen molar-refractivity contribution in [3.8, 4) is 5.75 Å². The molecule has 3 nitrogen and oxygen atoms in total. The quantitative estimate of drug-likeness (QED) is 0.896. The van der Waals surface area contributed by atoms with Crippen LogP contribution in [-0.2, 0) is 13.2 Å². The maximum Gasteiger partial charge on any atom is 0.130 e. The molecule has 0 aliphatic carbocycles. The summed E-state index contributed by atoms with van der Waals surface area (Å²) in [6.45, 7) is 5.05. The predicted molar refractivity (Wildman–Crippen MR) is 72.4 cm³/mol. The number of rotatable bonds is 4. The van der Waals surface area contributed by atoms with E-state index in [4.69, 9.17) is 10.5 Å². The number of hydrogen-bond donors (Lipinski definition) is 1. The van der Waals surface area contributed by atoms with E-state index in [0.717, 1.165) is 17.1 Å².